The minimum Gasteiger partial charge on any atom is -0.367 e. The van der Waals surface area contributed by atoms with E-state index in [0.29, 0.717) is 23.6 Å². The van der Waals surface area contributed by atoms with Crippen LogP contribution in [0.4, 0.5) is 11.6 Å². The van der Waals surface area contributed by atoms with Crippen molar-refractivity contribution in [3.63, 3.8) is 0 Å². The largest absolute Gasteiger partial charge is 0.367 e. The Morgan fingerprint density at radius 3 is 2.80 bits per heavy atom. The Bertz CT molecular complexity index is 652. The Morgan fingerprint density at radius 2 is 2.20 bits per heavy atom. The number of nitrogens with two attached hydrogens (primary N) is 1. The highest BCUT2D eigenvalue weighted by Crippen LogP contribution is 2.39. The first-order valence-corrected chi connectivity index (χ1v) is 6.47. The van der Waals surface area contributed by atoms with Crippen molar-refractivity contribution >= 4 is 23.2 Å². The zero-order valence-corrected chi connectivity index (χ0v) is 11.8. The summed E-state index contributed by atoms with van der Waals surface area (Å²) in [5, 5.41) is 15.2. The van der Waals surface area contributed by atoms with Gasteiger partial charge in [0.2, 0.25) is 5.88 Å². The Morgan fingerprint density at radius 1 is 1.50 bits per heavy atom. The molecule has 2 aromatic rings. The SMILES string of the molecule is CC(C)Cc1c(-c2c(Cl)cccc2[N+](=O)[O-])noc1N. The molecule has 6 nitrogen and oxygen atoms in total. The zero-order valence-electron chi connectivity index (χ0n) is 11.1. The summed E-state index contributed by atoms with van der Waals surface area (Å²) in [6.07, 6.45) is 0.604. The predicted molar refractivity (Wildman–Crippen MR) is 76.6 cm³/mol. The molecule has 0 atom stereocenters. The molecule has 106 valence electrons. The van der Waals surface area contributed by atoms with E-state index in [1.807, 2.05) is 13.8 Å². The lowest BCUT2D eigenvalue weighted by Crippen LogP contribution is -2.00. The Labute approximate surface area is 120 Å². The number of hydrogen-bond acceptors (Lipinski definition) is 5. The maximum atomic E-state index is 11.1. The molecule has 1 aromatic heterocycles. The van der Waals surface area contributed by atoms with Gasteiger partial charge < -0.3 is 10.3 Å². The van der Waals surface area contributed by atoms with E-state index in [1.54, 1.807) is 6.07 Å². The summed E-state index contributed by atoms with van der Waals surface area (Å²) < 4.78 is 4.99. The van der Waals surface area contributed by atoms with Gasteiger partial charge in [-0.25, -0.2) is 0 Å². The molecule has 7 heteroatoms. The first-order valence-electron chi connectivity index (χ1n) is 6.09. The normalized spacial score (nSPS) is 11.0. The minimum absolute atomic E-state index is 0.115. The lowest BCUT2D eigenvalue weighted by molar-refractivity contribution is -0.384. The van der Waals surface area contributed by atoms with Crippen LogP contribution in [-0.2, 0) is 6.42 Å². The highest BCUT2D eigenvalue weighted by Gasteiger charge is 2.26. The zero-order chi connectivity index (χ0) is 14.9. The third kappa shape index (κ3) is 2.60. The van der Waals surface area contributed by atoms with Gasteiger partial charge in [-0.15, -0.1) is 0 Å². The molecule has 0 bridgehead atoms. The molecule has 1 heterocycles. The molecule has 0 aliphatic rings. The van der Waals surface area contributed by atoms with Crippen molar-refractivity contribution in [1.82, 2.24) is 5.16 Å². The van der Waals surface area contributed by atoms with Crippen LogP contribution in [0.2, 0.25) is 5.02 Å². The quantitative estimate of drug-likeness (QED) is 0.685. The van der Waals surface area contributed by atoms with Crippen molar-refractivity contribution in [2.75, 3.05) is 5.73 Å². The second-order valence-corrected chi connectivity index (χ2v) is 5.27. The van der Waals surface area contributed by atoms with Gasteiger partial charge in [0.05, 0.1) is 9.95 Å². The van der Waals surface area contributed by atoms with E-state index in [0.717, 1.165) is 0 Å². The maximum absolute atomic E-state index is 11.1. The van der Waals surface area contributed by atoms with Crippen molar-refractivity contribution < 1.29 is 9.45 Å². The fourth-order valence-electron chi connectivity index (χ4n) is 2.02. The Kier molecular flexibility index (Phi) is 3.94. The van der Waals surface area contributed by atoms with Gasteiger partial charge >= 0.3 is 0 Å². The van der Waals surface area contributed by atoms with Crippen molar-refractivity contribution in [1.29, 1.82) is 0 Å². The highest BCUT2D eigenvalue weighted by atomic mass is 35.5. The second kappa shape index (κ2) is 5.50. The molecule has 2 rings (SSSR count). The van der Waals surface area contributed by atoms with E-state index in [2.05, 4.69) is 5.16 Å². The molecular formula is C13H14ClN3O3. The molecule has 0 spiro atoms. The minimum atomic E-state index is -0.495. The number of nitro groups is 1. The van der Waals surface area contributed by atoms with E-state index in [9.17, 15) is 10.1 Å². The first-order chi connectivity index (χ1) is 9.41. The van der Waals surface area contributed by atoms with Gasteiger partial charge in [0, 0.05) is 11.6 Å². The van der Waals surface area contributed by atoms with Crippen LogP contribution in [0.15, 0.2) is 22.7 Å². The van der Waals surface area contributed by atoms with Crippen LogP contribution in [0.5, 0.6) is 0 Å². The fourth-order valence-corrected chi connectivity index (χ4v) is 2.28. The third-order valence-corrected chi connectivity index (χ3v) is 3.17. The van der Waals surface area contributed by atoms with E-state index in [4.69, 9.17) is 21.9 Å². The molecule has 2 N–H and O–H groups in total. The number of hydrogen-bond donors (Lipinski definition) is 1. The Hall–Kier alpha value is -2.08. The van der Waals surface area contributed by atoms with Gasteiger partial charge in [0.15, 0.2) is 0 Å². The predicted octanol–water partition coefficient (Wildman–Crippen LogP) is 3.68. The number of nitrogen functional groups attached to an aromatic ring is 1. The summed E-state index contributed by atoms with van der Waals surface area (Å²) >= 11 is 6.10. The molecule has 0 amide bonds. The molecule has 0 fully saturated rings. The average molecular weight is 296 g/mol. The van der Waals surface area contributed by atoms with Gasteiger partial charge in [0.25, 0.3) is 5.69 Å². The summed E-state index contributed by atoms with van der Waals surface area (Å²) in [5.41, 5.74) is 6.88. The number of nitro benzene ring substituents is 1. The maximum Gasteiger partial charge on any atom is 0.280 e. The molecule has 0 saturated heterocycles. The van der Waals surface area contributed by atoms with E-state index < -0.39 is 4.92 Å². The molecule has 1 aromatic carbocycles. The van der Waals surface area contributed by atoms with Crippen LogP contribution in [-0.4, -0.2) is 10.1 Å². The van der Waals surface area contributed by atoms with Crippen LogP contribution in [0.3, 0.4) is 0 Å². The van der Waals surface area contributed by atoms with Gasteiger partial charge in [-0.05, 0) is 18.4 Å². The lowest BCUT2D eigenvalue weighted by Gasteiger charge is -2.07. The van der Waals surface area contributed by atoms with Gasteiger partial charge in [-0.1, -0.05) is 36.7 Å². The summed E-state index contributed by atoms with van der Waals surface area (Å²) in [6.45, 7) is 4.02. The number of aromatic nitrogens is 1. The molecule has 0 unspecified atom stereocenters. The standard InChI is InChI=1S/C13H14ClN3O3/c1-7(2)6-8-12(16-20-13(8)15)11-9(14)4-3-5-10(11)17(18)19/h3-5,7H,6,15H2,1-2H3. The van der Waals surface area contributed by atoms with E-state index in [-0.39, 0.29) is 22.2 Å². The molecule has 0 radical (unpaired) electrons. The molecule has 20 heavy (non-hydrogen) atoms. The highest BCUT2D eigenvalue weighted by molar-refractivity contribution is 6.33. The Balaban J connectivity index is 2.66. The van der Waals surface area contributed by atoms with Crippen LogP contribution in [0, 0.1) is 16.0 Å². The van der Waals surface area contributed by atoms with Crippen LogP contribution < -0.4 is 5.73 Å². The van der Waals surface area contributed by atoms with Gasteiger partial charge in [0.1, 0.15) is 11.3 Å². The summed E-state index contributed by atoms with van der Waals surface area (Å²) in [6, 6.07) is 4.48. The third-order valence-electron chi connectivity index (χ3n) is 2.86. The second-order valence-electron chi connectivity index (χ2n) is 4.86. The topological polar surface area (TPSA) is 95.2 Å². The van der Waals surface area contributed by atoms with Crippen LogP contribution in [0.25, 0.3) is 11.3 Å². The molecule has 0 saturated carbocycles. The number of benzene rings is 1. The fraction of sp³-hybridized carbons (Fsp3) is 0.308. The average Bonchev–Trinajstić information content (AvgIpc) is 2.70. The van der Waals surface area contributed by atoms with Gasteiger partial charge in [-0.3, -0.25) is 10.1 Å². The summed E-state index contributed by atoms with van der Waals surface area (Å²) in [4.78, 5) is 10.7. The molecular weight excluding hydrogens is 282 g/mol. The summed E-state index contributed by atoms with van der Waals surface area (Å²) in [5.74, 6) is 0.472. The first kappa shape index (κ1) is 14.3. The number of rotatable bonds is 4. The van der Waals surface area contributed by atoms with Crippen molar-refractivity contribution in [2.24, 2.45) is 5.92 Å². The van der Waals surface area contributed by atoms with E-state index in [1.165, 1.54) is 12.1 Å². The monoisotopic (exact) mass is 295 g/mol. The summed E-state index contributed by atoms with van der Waals surface area (Å²) in [7, 11) is 0. The molecule has 0 aliphatic heterocycles. The number of anilines is 1. The van der Waals surface area contributed by atoms with Crippen LogP contribution >= 0.6 is 11.6 Å². The van der Waals surface area contributed by atoms with E-state index >= 15 is 0 Å². The van der Waals surface area contributed by atoms with Crippen molar-refractivity contribution in [3.8, 4) is 11.3 Å². The van der Waals surface area contributed by atoms with Crippen molar-refractivity contribution in [2.45, 2.75) is 20.3 Å². The number of nitrogens with zero attached hydrogens (tertiary/aromatic N) is 2. The van der Waals surface area contributed by atoms with Gasteiger partial charge in [-0.2, -0.15) is 0 Å². The van der Waals surface area contributed by atoms with Crippen molar-refractivity contribution in [3.05, 3.63) is 38.9 Å². The lowest BCUT2D eigenvalue weighted by atomic mass is 9.98. The number of halogens is 1. The van der Waals surface area contributed by atoms with Crippen LogP contribution in [0.1, 0.15) is 19.4 Å². The smallest absolute Gasteiger partial charge is 0.280 e. The molecule has 0 aliphatic carbocycles.